The van der Waals surface area contributed by atoms with E-state index in [2.05, 4.69) is 0 Å². The van der Waals surface area contributed by atoms with Crippen molar-refractivity contribution in [3.05, 3.63) is 0 Å². The van der Waals surface area contributed by atoms with Crippen LogP contribution in [-0.2, 0) is 10.2 Å². The number of piperazine rings is 1. The summed E-state index contributed by atoms with van der Waals surface area (Å²) < 4.78 is 27.3. The van der Waals surface area contributed by atoms with Gasteiger partial charge < -0.3 is 5.73 Å². The first kappa shape index (κ1) is 15.4. The van der Waals surface area contributed by atoms with E-state index in [9.17, 15) is 8.42 Å². The van der Waals surface area contributed by atoms with Crippen LogP contribution < -0.4 is 5.73 Å². The number of hydrogen-bond acceptors (Lipinski definition) is 4. The van der Waals surface area contributed by atoms with Gasteiger partial charge >= 0.3 is 0 Å². The van der Waals surface area contributed by atoms with Crippen LogP contribution in [0.4, 0.5) is 0 Å². The largest absolute Gasteiger partial charge is 0.387 e. The summed E-state index contributed by atoms with van der Waals surface area (Å²) in [6.07, 6.45) is 0. The first-order valence-corrected chi connectivity index (χ1v) is 7.43. The average Bonchev–Trinajstić information content (AvgIpc) is 2.27. The third-order valence-corrected chi connectivity index (χ3v) is 5.31. The number of amidine groups is 1. The van der Waals surface area contributed by atoms with Crippen molar-refractivity contribution in [1.29, 1.82) is 5.41 Å². The molecular formula is C10H23N5O2S. The fourth-order valence-electron chi connectivity index (χ4n) is 1.81. The Bertz CT molecular complexity index is 387. The maximum atomic E-state index is 12.2. The van der Waals surface area contributed by atoms with Crippen molar-refractivity contribution < 1.29 is 8.42 Å². The molecule has 7 nitrogen and oxygen atoms in total. The minimum Gasteiger partial charge on any atom is -0.387 e. The van der Waals surface area contributed by atoms with Crippen LogP contribution in [0.3, 0.4) is 0 Å². The lowest BCUT2D eigenvalue weighted by Crippen LogP contribution is -2.54. The molecule has 0 saturated carbocycles. The Balaban J connectivity index is 2.60. The van der Waals surface area contributed by atoms with Crippen molar-refractivity contribution in [2.24, 2.45) is 5.73 Å². The summed E-state index contributed by atoms with van der Waals surface area (Å²) in [6.45, 7) is 6.25. The van der Waals surface area contributed by atoms with E-state index in [4.69, 9.17) is 11.1 Å². The van der Waals surface area contributed by atoms with Gasteiger partial charge in [-0.25, -0.2) is 0 Å². The Morgan fingerprint density at radius 3 is 2.22 bits per heavy atom. The first-order chi connectivity index (χ1) is 8.25. The third-order valence-electron chi connectivity index (χ3n) is 3.14. The molecule has 1 rings (SSSR count). The highest BCUT2D eigenvalue weighted by Crippen LogP contribution is 2.12. The van der Waals surface area contributed by atoms with Crippen molar-refractivity contribution in [3.63, 3.8) is 0 Å². The summed E-state index contributed by atoms with van der Waals surface area (Å²) >= 11 is 0. The van der Waals surface area contributed by atoms with Crippen LogP contribution in [0.5, 0.6) is 0 Å². The lowest BCUT2D eigenvalue weighted by Gasteiger charge is -2.36. The molecule has 0 aromatic rings. The molecule has 0 unspecified atom stereocenters. The van der Waals surface area contributed by atoms with Gasteiger partial charge in [0.15, 0.2) is 0 Å². The Hall–Kier alpha value is -0.700. The predicted molar refractivity (Wildman–Crippen MR) is 71.7 cm³/mol. The molecule has 106 valence electrons. The molecule has 3 N–H and O–H groups in total. The van der Waals surface area contributed by atoms with E-state index < -0.39 is 10.2 Å². The van der Waals surface area contributed by atoms with Crippen LogP contribution in [0.25, 0.3) is 0 Å². The summed E-state index contributed by atoms with van der Waals surface area (Å²) in [7, 11) is -1.76. The molecule has 1 aliphatic rings. The van der Waals surface area contributed by atoms with Gasteiger partial charge in [0, 0.05) is 39.3 Å². The summed E-state index contributed by atoms with van der Waals surface area (Å²) in [5.74, 6) is 0.116. The highest BCUT2D eigenvalue weighted by Gasteiger charge is 2.31. The third kappa shape index (κ3) is 3.64. The molecule has 0 amide bonds. The van der Waals surface area contributed by atoms with Crippen LogP contribution in [-0.4, -0.2) is 73.6 Å². The van der Waals surface area contributed by atoms with Crippen LogP contribution >= 0.6 is 0 Å². The minimum absolute atomic E-state index is 0.0507. The van der Waals surface area contributed by atoms with Gasteiger partial charge in [-0.1, -0.05) is 0 Å². The molecule has 0 aromatic carbocycles. The highest BCUT2D eigenvalue weighted by molar-refractivity contribution is 7.86. The number of nitrogens with two attached hydrogens (primary N) is 1. The zero-order chi connectivity index (χ0) is 13.9. The van der Waals surface area contributed by atoms with Crippen molar-refractivity contribution in [2.45, 2.75) is 19.9 Å². The lowest BCUT2D eigenvalue weighted by atomic mass is 10.3. The first-order valence-electron chi connectivity index (χ1n) is 6.03. The fourth-order valence-corrected chi connectivity index (χ4v) is 3.33. The smallest absolute Gasteiger partial charge is 0.282 e. The summed E-state index contributed by atoms with van der Waals surface area (Å²) in [6, 6.07) is -0.0507. The maximum absolute atomic E-state index is 12.2. The van der Waals surface area contributed by atoms with Gasteiger partial charge in [0.05, 0.1) is 6.54 Å². The van der Waals surface area contributed by atoms with Gasteiger partial charge in [-0.2, -0.15) is 17.0 Å². The van der Waals surface area contributed by atoms with E-state index in [1.807, 2.05) is 18.7 Å². The molecule has 0 aromatic heterocycles. The Morgan fingerprint density at radius 1 is 1.33 bits per heavy atom. The van der Waals surface area contributed by atoms with Gasteiger partial charge in [-0.15, -0.1) is 0 Å². The summed E-state index contributed by atoms with van der Waals surface area (Å²) in [4.78, 5) is 1.99. The van der Waals surface area contributed by atoms with Gasteiger partial charge in [0.2, 0.25) is 0 Å². The quantitative estimate of drug-likeness (QED) is 0.504. The van der Waals surface area contributed by atoms with Gasteiger partial charge in [0.25, 0.3) is 10.2 Å². The zero-order valence-electron chi connectivity index (χ0n) is 11.3. The Morgan fingerprint density at radius 2 is 1.83 bits per heavy atom. The summed E-state index contributed by atoms with van der Waals surface area (Å²) in [5, 5.41) is 7.22. The molecule has 1 fully saturated rings. The zero-order valence-corrected chi connectivity index (χ0v) is 12.1. The Labute approximate surface area is 109 Å². The second-order valence-corrected chi connectivity index (χ2v) is 6.81. The highest BCUT2D eigenvalue weighted by atomic mass is 32.2. The van der Waals surface area contributed by atoms with E-state index in [-0.39, 0.29) is 11.9 Å². The SMILES string of the molecule is CC(C)N(C)S(=O)(=O)N1CCN(CC(=N)N)CC1. The lowest BCUT2D eigenvalue weighted by molar-refractivity contribution is 0.199. The molecule has 8 heteroatoms. The topological polar surface area (TPSA) is 93.7 Å². The molecule has 0 radical (unpaired) electrons. The standard InChI is InChI=1S/C10H23N5O2S/c1-9(2)13(3)18(16,17)15-6-4-14(5-7-15)8-10(11)12/h9H,4-8H2,1-3H3,(H3,11,12). The molecule has 1 heterocycles. The molecule has 0 spiro atoms. The fraction of sp³-hybridized carbons (Fsp3) is 0.900. The second-order valence-electron chi connectivity index (χ2n) is 4.82. The van der Waals surface area contributed by atoms with Crippen LogP contribution in [0.1, 0.15) is 13.8 Å². The van der Waals surface area contributed by atoms with Crippen molar-refractivity contribution in [2.75, 3.05) is 39.8 Å². The number of hydrogen-bond donors (Lipinski definition) is 2. The van der Waals surface area contributed by atoms with E-state index >= 15 is 0 Å². The van der Waals surface area contributed by atoms with E-state index in [1.165, 1.54) is 8.61 Å². The second kappa shape index (κ2) is 5.96. The predicted octanol–water partition coefficient (Wildman–Crippen LogP) is -0.875. The maximum Gasteiger partial charge on any atom is 0.282 e. The minimum atomic E-state index is -3.36. The van der Waals surface area contributed by atoms with Gasteiger partial charge in [-0.05, 0) is 13.8 Å². The molecule has 0 aliphatic carbocycles. The number of nitrogens with zero attached hydrogens (tertiary/aromatic N) is 3. The normalized spacial score (nSPS) is 19.6. The molecule has 1 aliphatic heterocycles. The van der Waals surface area contributed by atoms with E-state index in [1.54, 1.807) is 7.05 Å². The summed E-state index contributed by atoms with van der Waals surface area (Å²) in [5.41, 5.74) is 5.33. The van der Waals surface area contributed by atoms with Crippen LogP contribution in [0, 0.1) is 5.41 Å². The molecule has 0 bridgehead atoms. The molecular weight excluding hydrogens is 254 g/mol. The van der Waals surface area contributed by atoms with E-state index in [0.29, 0.717) is 32.7 Å². The van der Waals surface area contributed by atoms with Gasteiger partial charge in [-0.3, -0.25) is 10.3 Å². The number of rotatable bonds is 5. The molecule has 18 heavy (non-hydrogen) atoms. The van der Waals surface area contributed by atoms with Crippen molar-refractivity contribution >= 4 is 16.0 Å². The van der Waals surface area contributed by atoms with Crippen LogP contribution in [0.2, 0.25) is 0 Å². The van der Waals surface area contributed by atoms with Gasteiger partial charge in [0.1, 0.15) is 5.84 Å². The Kier molecular flexibility index (Phi) is 5.09. The average molecular weight is 277 g/mol. The van der Waals surface area contributed by atoms with E-state index in [0.717, 1.165) is 0 Å². The van der Waals surface area contributed by atoms with Crippen molar-refractivity contribution in [1.82, 2.24) is 13.5 Å². The van der Waals surface area contributed by atoms with Crippen molar-refractivity contribution in [3.8, 4) is 0 Å². The monoisotopic (exact) mass is 277 g/mol. The number of nitrogens with one attached hydrogen (secondary N) is 1. The van der Waals surface area contributed by atoms with Crippen LogP contribution in [0.15, 0.2) is 0 Å². The molecule has 0 atom stereocenters. The molecule has 1 saturated heterocycles.